The van der Waals surface area contributed by atoms with Crippen LogP contribution in [0.1, 0.15) is 41.9 Å². The minimum Gasteiger partial charge on any atom is -0.486 e. The van der Waals surface area contributed by atoms with E-state index in [1.54, 1.807) is 36.4 Å². The summed E-state index contributed by atoms with van der Waals surface area (Å²) in [5.74, 6) is -0.474. The maximum absolute atomic E-state index is 14.8. The minimum atomic E-state index is -0.948. The molecule has 1 saturated heterocycles. The van der Waals surface area contributed by atoms with Crippen molar-refractivity contribution in [2.75, 3.05) is 13.2 Å². The van der Waals surface area contributed by atoms with Crippen molar-refractivity contribution >= 4 is 34.5 Å². The van der Waals surface area contributed by atoms with Crippen LogP contribution in [0.2, 0.25) is 0 Å². The van der Waals surface area contributed by atoms with Gasteiger partial charge in [-0.05, 0) is 64.0 Å². The third-order valence-electron chi connectivity index (χ3n) is 7.07. The van der Waals surface area contributed by atoms with Crippen LogP contribution in [0, 0.1) is 9.39 Å². The van der Waals surface area contributed by atoms with E-state index in [2.05, 4.69) is 15.3 Å². The van der Waals surface area contributed by atoms with E-state index in [0.29, 0.717) is 28.4 Å². The fourth-order valence-corrected chi connectivity index (χ4v) is 5.35. The summed E-state index contributed by atoms with van der Waals surface area (Å²) in [5, 5.41) is 21.3. The zero-order valence-electron chi connectivity index (χ0n) is 22.0. The molecule has 3 aromatic carbocycles. The van der Waals surface area contributed by atoms with Crippen LogP contribution in [0.25, 0.3) is 11.3 Å². The number of imidazole rings is 1. The van der Waals surface area contributed by atoms with Gasteiger partial charge in [0.15, 0.2) is 0 Å². The molecule has 0 aliphatic carbocycles. The van der Waals surface area contributed by atoms with Crippen molar-refractivity contribution in [1.82, 2.24) is 20.2 Å². The number of aliphatic hydroxyl groups is 2. The lowest BCUT2D eigenvalue weighted by atomic mass is 9.91. The molecule has 3 amide bonds. The van der Waals surface area contributed by atoms with Gasteiger partial charge in [0.1, 0.15) is 35.6 Å². The Morgan fingerprint density at radius 2 is 1.76 bits per heavy atom. The summed E-state index contributed by atoms with van der Waals surface area (Å²) in [7, 11) is 0. The van der Waals surface area contributed by atoms with E-state index in [1.807, 2.05) is 59.8 Å². The second-order valence-electron chi connectivity index (χ2n) is 9.72. The lowest BCUT2D eigenvalue weighted by Gasteiger charge is -2.29. The predicted molar refractivity (Wildman–Crippen MR) is 157 cm³/mol. The van der Waals surface area contributed by atoms with Crippen LogP contribution in [0.5, 0.6) is 5.75 Å². The van der Waals surface area contributed by atoms with Gasteiger partial charge < -0.3 is 25.3 Å². The van der Waals surface area contributed by atoms with E-state index in [1.165, 1.54) is 17.2 Å². The van der Waals surface area contributed by atoms with Gasteiger partial charge in [-0.2, -0.15) is 0 Å². The van der Waals surface area contributed by atoms with Gasteiger partial charge in [-0.1, -0.05) is 49.4 Å². The van der Waals surface area contributed by atoms with Crippen LogP contribution >= 0.6 is 22.6 Å². The average Bonchev–Trinajstić information content (AvgIpc) is 3.57. The molecule has 2 heterocycles. The average molecular weight is 670 g/mol. The number of halogens is 2. The van der Waals surface area contributed by atoms with Crippen molar-refractivity contribution in [2.24, 2.45) is 0 Å². The molecular weight excluding hydrogens is 642 g/mol. The minimum absolute atomic E-state index is 0.331. The molecule has 41 heavy (non-hydrogen) atoms. The molecule has 1 fully saturated rings. The molecule has 9 nitrogen and oxygen atoms in total. The molecule has 0 saturated carbocycles. The maximum Gasteiger partial charge on any atom is 0.325 e. The SMILES string of the molecule is C[C@@H](c1ccccc1)C(c1ncc(-c2ccc(I)cc2F)[nH]1)N1C(=O)N[C@H](c2ccc(OC(CO)CO)cc2)C1=O. The zero-order valence-corrected chi connectivity index (χ0v) is 24.2. The molecule has 1 aliphatic heterocycles. The number of nitrogens with one attached hydrogen (secondary N) is 2. The number of H-pyrrole nitrogens is 1. The van der Waals surface area contributed by atoms with Gasteiger partial charge in [0.25, 0.3) is 5.91 Å². The molecule has 1 aliphatic rings. The second-order valence-corrected chi connectivity index (χ2v) is 11.0. The predicted octanol–water partition coefficient (Wildman–Crippen LogP) is 4.69. The van der Waals surface area contributed by atoms with Crippen LogP contribution in [-0.4, -0.2) is 56.3 Å². The normalized spacial score (nSPS) is 16.6. The van der Waals surface area contributed by atoms with Gasteiger partial charge in [0.05, 0.1) is 25.1 Å². The molecule has 5 rings (SSSR count). The van der Waals surface area contributed by atoms with Gasteiger partial charge in [-0.15, -0.1) is 0 Å². The van der Waals surface area contributed by atoms with E-state index in [4.69, 9.17) is 4.74 Å². The number of urea groups is 1. The first-order chi connectivity index (χ1) is 19.8. The smallest absolute Gasteiger partial charge is 0.325 e. The first kappa shape index (κ1) is 28.7. The van der Waals surface area contributed by atoms with Crippen LogP contribution in [0.3, 0.4) is 0 Å². The molecular formula is C30H28FIN4O5. The van der Waals surface area contributed by atoms with Crippen molar-refractivity contribution < 1.29 is 28.9 Å². The number of aromatic nitrogens is 2. The summed E-state index contributed by atoms with van der Waals surface area (Å²) in [6.45, 7) is 1.21. The fraction of sp³-hybridized carbons (Fsp3) is 0.233. The van der Waals surface area contributed by atoms with Gasteiger partial charge in [0, 0.05) is 15.1 Å². The molecule has 0 spiro atoms. The monoisotopic (exact) mass is 670 g/mol. The molecule has 4 N–H and O–H groups in total. The van der Waals surface area contributed by atoms with E-state index in [-0.39, 0.29) is 19.1 Å². The molecule has 4 aromatic rings. The number of aliphatic hydroxyl groups excluding tert-OH is 2. The fourth-order valence-electron chi connectivity index (χ4n) is 4.90. The van der Waals surface area contributed by atoms with Crippen LogP contribution in [0.4, 0.5) is 9.18 Å². The van der Waals surface area contributed by atoms with Gasteiger partial charge in [-0.3, -0.25) is 9.69 Å². The summed E-state index contributed by atoms with van der Waals surface area (Å²) in [5.41, 5.74) is 2.19. The molecule has 0 bridgehead atoms. The number of rotatable bonds is 10. The Balaban J connectivity index is 1.48. The van der Waals surface area contributed by atoms with Crippen molar-refractivity contribution in [3.05, 3.63) is 105 Å². The standard InChI is InChI=1S/C30H28FIN4O5/c1-17(18-5-3-2-4-6-18)27(28-33-14-25(34-28)23-12-9-20(32)13-24(23)31)36-29(39)26(35-30(36)40)19-7-10-21(11-8-19)41-22(15-37)16-38/h2-14,17,22,26-27,37-38H,15-16H2,1H3,(H,33,34)(H,35,40)/t17-,26+,27?/m0/s1. The largest absolute Gasteiger partial charge is 0.486 e. The van der Waals surface area contributed by atoms with Gasteiger partial charge in [0.2, 0.25) is 0 Å². The Labute approximate surface area is 249 Å². The number of carbonyl (C=O) groups is 2. The number of hydrogen-bond donors (Lipinski definition) is 4. The number of carbonyl (C=O) groups excluding carboxylic acids is 2. The number of aromatic amines is 1. The Kier molecular flexibility index (Phi) is 8.66. The van der Waals surface area contributed by atoms with E-state index in [9.17, 15) is 24.2 Å². The number of ether oxygens (including phenoxy) is 1. The summed E-state index contributed by atoms with van der Waals surface area (Å²) in [6, 6.07) is 18.5. The number of imide groups is 1. The summed E-state index contributed by atoms with van der Waals surface area (Å²) in [4.78, 5) is 36.1. The van der Waals surface area contributed by atoms with E-state index in [0.717, 1.165) is 9.13 Å². The number of nitrogens with zero attached hydrogens (tertiary/aromatic N) is 2. The maximum atomic E-state index is 14.8. The molecule has 1 unspecified atom stereocenters. The van der Waals surface area contributed by atoms with E-state index >= 15 is 0 Å². The number of benzene rings is 3. The van der Waals surface area contributed by atoms with Gasteiger partial charge in [-0.25, -0.2) is 14.2 Å². The summed E-state index contributed by atoms with van der Waals surface area (Å²) < 4.78 is 21.0. The Hall–Kier alpha value is -3.81. The molecule has 212 valence electrons. The molecule has 0 radical (unpaired) electrons. The lowest BCUT2D eigenvalue weighted by molar-refractivity contribution is -0.129. The van der Waals surface area contributed by atoms with E-state index < -0.39 is 35.9 Å². The van der Waals surface area contributed by atoms with Crippen LogP contribution < -0.4 is 10.1 Å². The van der Waals surface area contributed by atoms with Crippen LogP contribution in [0.15, 0.2) is 79.0 Å². The van der Waals surface area contributed by atoms with Crippen molar-refractivity contribution in [3.63, 3.8) is 0 Å². The summed E-state index contributed by atoms with van der Waals surface area (Å²) >= 11 is 2.04. The molecule has 11 heteroatoms. The Morgan fingerprint density at radius 1 is 1.05 bits per heavy atom. The third kappa shape index (κ3) is 5.97. The lowest BCUT2D eigenvalue weighted by Crippen LogP contribution is -2.38. The quantitative estimate of drug-likeness (QED) is 0.143. The van der Waals surface area contributed by atoms with Crippen molar-refractivity contribution in [2.45, 2.75) is 31.0 Å². The highest BCUT2D eigenvalue weighted by Gasteiger charge is 2.46. The topological polar surface area (TPSA) is 128 Å². The zero-order chi connectivity index (χ0) is 29.1. The first-order valence-electron chi connectivity index (χ1n) is 13.0. The second kappa shape index (κ2) is 12.4. The van der Waals surface area contributed by atoms with Gasteiger partial charge >= 0.3 is 6.03 Å². The highest BCUT2D eigenvalue weighted by atomic mass is 127. The third-order valence-corrected chi connectivity index (χ3v) is 7.74. The van der Waals surface area contributed by atoms with Crippen molar-refractivity contribution in [3.8, 4) is 17.0 Å². The molecule has 3 atom stereocenters. The number of amides is 3. The highest BCUT2D eigenvalue weighted by Crippen LogP contribution is 2.39. The first-order valence-corrected chi connectivity index (χ1v) is 14.1. The summed E-state index contributed by atoms with van der Waals surface area (Å²) in [6.07, 6.45) is 0.738. The Morgan fingerprint density at radius 3 is 2.41 bits per heavy atom. The molecule has 1 aromatic heterocycles. The number of hydrogen-bond acceptors (Lipinski definition) is 6. The van der Waals surface area contributed by atoms with Crippen molar-refractivity contribution in [1.29, 1.82) is 0 Å². The Bertz CT molecular complexity index is 1530. The van der Waals surface area contributed by atoms with Crippen LogP contribution in [-0.2, 0) is 4.79 Å². The highest BCUT2D eigenvalue weighted by molar-refractivity contribution is 14.1.